The van der Waals surface area contributed by atoms with Crippen LogP contribution in [-0.4, -0.2) is 73.9 Å². The molecule has 1 aromatic carbocycles. The fourth-order valence-corrected chi connectivity index (χ4v) is 2.43. The molecule has 0 spiro atoms. The Morgan fingerprint density at radius 3 is 2.70 bits per heavy atom. The maximum Gasteiger partial charge on any atom is 0.198 e. The van der Waals surface area contributed by atoms with Gasteiger partial charge in [-0.25, -0.2) is 0 Å². The highest BCUT2D eigenvalue weighted by molar-refractivity contribution is 5.95. The van der Waals surface area contributed by atoms with Crippen LogP contribution < -0.4 is 5.32 Å². The number of para-hydroxylation sites is 2. The monoisotopic (exact) mass is 320 g/mol. The van der Waals surface area contributed by atoms with E-state index >= 15 is 0 Å². The molecular weight excluding hydrogens is 292 g/mol. The predicted octanol–water partition coefficient (Wildman–Crippen LogP) is 1.83. The highest BCUT2D eigenvalue weighted by atomic mass is 16.5. The van der Waals surface area contributed by atoms with Crippen LogP contribution in [0.5, 0.6) is 5.75 Å². The number of benzene rings is 1. The number of nitrogens with one attached hydrogen (secondary N) is 1. The van der Waals surface area contributed by atoms with Gasteiger partial charge in [0, 0.05) is 45.9 Å². The average Bonchev–Trinajstić information content (AvgIpc) is 2.56. The van der Waals surface area contributed by atoms with Crippen LogP contribution in [0.25, 0.3) is 0 Å². The molecule has 0 unspecified atom stereocenters. The number of phenolic OH excluding ortho intramolecular Hbond substituents is 1. The van der Waals surface area contributed by atoms with Crippen molar-refractivity contribution in [3.8, 4) is 5.75 Å². The van der Waals surface area contributed by atoms with Crippen LogP contribution in [0.4, 0.5) is 5.69 Å². The summed E-state index contributed by atoms with van der Waals surface area (Å²) in [5, 5.41) is 13.3. The third kappa shape index (κ3) is 5.73. The zero-order valence-corrected chi connectivity index (χ0v) is 14.2. The van der Waals surface area contributed by atoms with Crippen molar-refractivity contribution in [2.75, 3.05) is 58.3 Å². The smallest absolute Gasteiger partial charge is 0.198 e. The topological polar surface area (TPSA) is 60.3 Å². The molecule has 128 valence electrons. The maximum absolute atomic E-state index is 9.98. The summed E-state index contributed by atoms with van der Waals surface area (Å²) in [6, 6.07) is 7.26. The third-order valence-corrected chi connectivity index (χ3v) is 3.87. The molecule has 0 bridgehead atoms. The van der Waals surface area contributed by atoms with Crippen molar-refractivity contribution in [3.63, 3.8) is 0 Å². The summed E-state index contributed by atoms with van der Waals surface area (Å²) in [7, 11) is 2.13. The number of rotatable bonds is 6. The molecule has 23 heavy (non-hydrogen) atoms. The summed E-state index contributed by atoms with van der Waals surface area (Å²) in [6.45, 7) is 8.07. The zero-order chi connectivity index (χ0) is 16.5. The van der Waals surface area contributed by atoms with E-state index in [9.17, 15) is 5.11 Å². The Morgan fingerprint density at radius 1 is 1.26 bits per heavy atom. The van der Waals surface area contributed by atoms with E-state index < -0.39 is 0 Å². The zero-order valence-electron chi connectivity index (χ0n) is 14.2. The van der Waals surface area contributed by atoms with E-state index in [1.165, 1.54) is 0 Å². The van der Waals surface area contributed by atoms with Gasteiger partial charge in [0.2, 0.25) is 0 Å². The van der Waals surface area contributed by atoms with Gasteiger partial charge in [-0.15, -0.1) is 0 Å². The maximum atomic E-state index is 9.98. The summed E-state index contributed by atoms with van der Waals surface area (Å²) in [4.78, 5) is 9.25. The van der Waals surface area contributed by atoms with Crippen LogP contribution in [-0.2, 0) is 4.74 Å². The highest BCUT2D eigenvalue weighted by Crippen LogP contribution is 2.22. The second kappa shape index (κ2) is 9.37. The minimum absolute atomic E-state index is 0.239. The molecule has 0 amide bonds. The van der Waals surface area contributed by atoms with Crippen LogP contribution in [0.15, 0.2) is 29.3 Å². The molecule has 2 N–H and O–H groups in total. The lowest BCUT2D eigenvalue weighted by Crippen LogP contribution is -2.49. The number of phenols is 1. The molecule has 0 saturated carbocycles. The third-order valence-electron chi connectivity index (χ3n) is 3.87. The second-order valence-corrected chi connectivity index (χ2v) is 5.69. The molecule has 0 atom stereocenters. The lowest BCUT2D eigenvalue weighted by atomic mass is 10.3. The van der Waals surface area contributed by atoms with Gasteiger partial charge in [-0.3, -0.25) is 4.99 Å². The lowest BCUT2D eigenvalue weighted by Gasteiger charge is -2.34. The van der Waals surface area contributed by atoms with Gasteiger partial charge in [-0.05, 0) is 32.5 Å². The van der Waals surface area contributed by atoms with Gasteiger partial charge in [0.1, 0.15) is 5.75 Å². The van der Waals surface area contributed by atoms with Crippen LogP contribution in [0.1, 0.15) is 13.3 Å². The normalized spacial score (nSPS) is 16.6. The van der Waals surface area contributed by atoms with Crippen LogP contribution in [0.2, 0.25) is 0 Å². The van der Waals surface area contributed by atoms with E-state index in [0.29, 0.717) is 12.2 Å². The first kappa shape index (κ1) is 17.6. The minimum Gasteiger partial charge on any atom is -0.506 e. The fraction of sp³-hybridized carbons (Fsp3) is 0.588. The Morgan fingerprint density at radius 2 is 2.00 bits per heavy atom. The van der Waals surface area contributed by atoms with Gasteiger partial charge in [0.05, 0.1) is 5.69 Å². The van der Waals surface area contributed by atoms with Crippen LogP contribution in [0, 0.1) is 0 Å². The molecule has 6 nitrogen and oxygen atoms in total. The van der Waals surface area contributed by atoms with Crippen molar-refractivity contribution in [1.82, 2.24) is 9.80 Å². The standard InChI is InChI=1S/C17H28N4O2/c1-3-23-14-6-9-18-17(21-12-10-20(2)11-13-21)19-15-7-4-5-8-16(15)22/h4-5,7-8,22H,3,6,9-14H2,1-2H3,(H,18,19). The number of nitrogens with zero attached hydrogens (tertiary/aromatic N) is 3. The largest absolute Gasteiger partial charge is 0.506 e. The fourth-order valence-electron chi connectivity index (χ4n) is 2.43. The van der Waals surface area contributed by atoms with E-state index in [2.05, 4.69) is 22.2 Å². The minimum atomic E-state index is 0.239. The quantitative estimate of drug-likeness (QED) is 0.362. The van der Waals surface area contributed by atoms with Gasteiger partial charge in [0.15, 0.2) is 5.96 Å². The highest BCUT2D eigenvalue weighted by Gasteiger charge is 2.18. The van der Waals surface area contributed by atoms with E-state index in [1.54, 1.807) is 6.07 Å². The number of likely N-dealkylation sites (N-methyl/N-ethyl adjacent to an activating group) is 1. The molecule has 0 aliphatic carbocycles. The number of ether oxygens (including phenoxy) is 1. The summed E-state index contributed by atoms with van der Waals surface area (Å²) >= 11 is 0. The summed E-state index contributed by atoms with van der Waals surface area (Å²) < 4.78 is 5.36. The van der Waals surface area contributed by atoms with Crippen molar-refractivity contribution in [2.24, 2.45) is 4.99 Å². The molecular formula is C17H28N4O2. The van der Waals surface area contributed by atoms with Crippen molar-refractivity contribution in [2.45, 2.75) is 13.3 Å². The second-order valence-electron chi connectivity index (χ2n) is 5.69. The predicted molar refractivity (Wildman–Crippen MR) is 94.2 cm³/mol. The van der Waals surface area contributed by atoms with E-state index in [0.717, 1.165) is 51.8 Å². The number of hydrogen-bond donors (Lipinski definition) is 2. The Hall–Kier alpha value is -1.79. The number of guanidine groups is 1. The van der Waals surface area contributed by atoms with Crippen molar-refractivity contribution in [3.05, 3.63) is 24.3 Å². The lowest BCUT2D eigenvalue weighted by molar-refractivity contribution is 0.146. The molecule has 1 aliphatic rings. The molecule has 1 heterocycles. The summed E-state index contributed by atoms with van der Waals surface area (Å²) in [6.07, 6.45) is 0.896. The molecule has 1 aromatic rings. The Balaban J connectivity index is 2.01. The van der Waals surface area contributed by atoms with Gasteiger partial charge in [-0.2, -0.15) is 0 Å². The first-order valence-electron chi connectivity index (χ1n) is 8.31. The SMILES string of the molecule is CCOCCCN=C(Nc1ccccc1O)N1CCN(C)CC1. The Kier molecular flexibility index (Phi) is 7.16. The summed E-state index contributed by atoms with van der Waals surface area (Å²) in [5.74, 6) is 1.07. The number of anilines is 1. The van der Waals surface area contributed by atoms with E-state index in [-0.39, 0.29) is 5.75 Å². The van der Waals surface area contributed by atoms with Gasteiger partial charge in [0.25, 0.3) is 0 Å². The van der Waals surface area contributed by atoms with Gasteiger partial charge in [-0.1, -0.05) is 12.1 Å². The number of piperazine rings is 1. The molecule has 0 aromatic heterocycles. The number of hydrogen-bond acceptors (Lipinski definition) is 4. The van der Waals surface area contributed by atoms with Crippen molar-refractivity contribution >= 4 is 11.6 Å². The molecule has 1 saturated heterocycles. The first-order valence-corrected chi connectivity index (χ1v) is 8.31. The Labute approximate surface area is 138 Å². The van der Waals surface area contributed by atoms with E-state index in [4.69, 9.17) is 9.73 Å². The Bertz CT molecular complexity index is 499. The van der Waals surface area contributed by atoms with Crippen LogP contribution >= 0.6 is 0 Å². The molecule has 6 heteroatoms. The van der Waals surface area contributed by atoms with Gasteiger partial charge >= 0.3 is 0 Å². The molecule has 2 rings (SSSR count). The summed E-state index contributed by atoms with van der Waals surface area (Å²) in [5.41, 5.74) is 0.690. The molecule has 0 radical (unpaired) electrons. The number of aliphatic imine (C=N–C) groups is 1. The van der Waals surface area contributed by atoms with Crippen LogP contribution in [0.3, 0.4) is 0 Å². The van der Waals surface area contributed by atoms with Crippen molar-refractivity contribution in [1.29, 1.82) is 0 Å². The molecule has 1 fully saturated rings. The molecule has 1 aliphatic heterocycles. The first-order chi connectivity index (χ1) is 11.2. The average molecular weight is 320 g/mol. The van der Waals surface area contributed by atoms with E-state index in [1.807, 2.05) is 25.1 Å². The van der Waals surface area contributed by atoms with Crippen molar-refractivity contribution < 1.29 is 9.84 Å². The van der Waals surface area contributed by atoms with Gasteiger partial charge < -0.3 is 25.0 Å². The number of aromatic hydroxyl groups is 1.